The number of piperidine rings is 1. The van der Waals surface area contributed by atoms with Crippen molar-refractivity contribution in [3.63, 3.8) is 0 Å². The number of carbonyl (C=O) groups excluding carboxylic acids is 1. The van der Waals surface area contributed by atoms with Gasteiger partial charge in [0.2, 0.25) is 5.82 Å². The number of ether oxygens (including phenoxy) is 1. The van der Waals surface area contributed by atoms with E-state index in [0.29, 0.717) is 50.0 Å². The van der Waals surface area contributed by atoms with Gasteiger partial charge in [-0.2, -0.15) is 4.98 Å². The van der Waals surface area contributed by atoms with Crippen LogP contribution in [0.5, 0.6) is 0 Å². The minimum absolute atomic E-state index is 0.150. The molecule has 1 N–H and O–H groups in total. The predicted octanol–water partition coefficient (Wildman–Crippen LogP) is 2.14. The minimum Gasteiger partial charge on any atom is -0.368 e. The van der Waals surface area contributed by atoms with Crippen molar-refractivity contribution in [2.75, 3.05) is 25.1 Å². The number of amides is 1. The number of methoxy groups -OCH3 is 1. The monoisotopic (exact) mass is 408 g/mol. The normalized spacial score (nSPS) is 15.7. The van der Waals surface area contributed by atoms with Crippen LogP contribution >= 0.6 is 0 Å². The molecule has 1 saturated heterocycles. The van der Waals surface area contributed by atoms with Crippen LogP contribution in [-0.4, -0.2) is 51.8 Å². The summed E-state index contributed by atoms with van der Waals surface area (Å²) in [5.41, 5.74) is 1.55. The van der Waals surface area contributed by atoms with E-state index >= 15 is 0 Å². The summed E-state index contributed by atoms with van der Waals surface area (Å²) in [5, 5.41) is 6.99. The molecule has 0 atom stereocenters. The largest absolute Gasteiger partial charge is 0.368 e. The van der Waals surface area contributed by atoms with Crippen LogP contribution in [0, 0.1) is 6.92 Å². The van der Waals surface area contributed by atoms with Crippen molar-refractivity contribution in [1.82, 2.24) is 25.4 Å². The number of nitrogens with one attached hydrogen (secondary N) is 1. The fourth-order valence-corrected chi connectivity index (χ4v) is 3.47. The van der Waals surface area contributed by atoms with E-state index in [4.69, 9.17) is 9.26 Å². The molecule has 0 spiro atoms. The fourth-order valence-electron chi connectivity index (χ4n) is 3.47. The molecule has 1 amide bonds. The van der Waals surface area contributed by atoms with E-state index in [9.17, 15) is 4.79 Å². The molecule has 1 fully saturated rings. The molecule has 30 heavy (non-hydrogen) atoms. The summed E-state index contributed by atoms with van der Waals surface area (Å²) in [6.45, 7) is 3.32. The quantitative estimate of drug-likeness (QED) is 0.661. The van der Waals surface area contributed by atoms with Crippen molar-refractivity contribution < 1.29 is 14.1 Å². The first-order valence-corrected chi connectivity index (χ1v) is 9.85. The predicted molar refractivity (Wildman–Crippen MR) is 110 cm³/mol. The highest BCUT2D eigenvalue weighted by atomic mass is 16.5. The highest BCUT2D eigenvalue weighted by Gasteiger charge is 2.42. The topological polar surface area (TPSA) is 106 Å². The molecule has 3 heterocycles. The Morgan fingerprint density at radius 3 is 2.63 bits per heavy atom. The number of aryl methyl sites for hydroxylation is 1. The van der Waals surface area contributed by atoms with Crippen molar-refractivity contribution in [3.05, 3.63) is 54.1 Å². The van der Waals surface area contributed by atoms with E-state index < -0.39 is 5.60 Å². The van der Waals surface area contributed by atoms with E-state index in [1.54, 1.807) is 19.5 Å². The third-order valence-corrected chi connectivity index (χ3v) is 5.36. The molecule has 9 nitrogen and oxygen atoms in total. The molecule has 0 bridgehead atoms. The number of rotatable bonds is 6. The molecule has 0 saturated carbocycles. The molecule has 3 aromatic rings. The minimum atomic E-state index is -0.892. The average molecular weight is 408 g/mol. The van der Waals surface area contributed by atoms with Crippen molar-refractivity contribution >= 4 is 11.9 Å². The van der Waals surface area contributed by atoms with Crippen LogP contribution in [0.4, 0.5) is 6.01 Å². The van der Waals surface area contributed by atoms with Gasteiger partial charge in [-0.05, 0) is 6.92 Å². The maximum atomic E-state index is 12.9. The lowest BCUT2D eigenvalue weighted by molar-refractivity contribution is -0.146. The third-order valence-electron chi connectivity index (χ3n) is 5.36. The zero-order chi connectivity index (χ0) is 21.0. The van der Waals surface area contributed by atoms with Crippen LogP contribution in [0.25, 0.3) is 11.4 Å². The lowest BCUT2D eigenvalue weighted by Crippen LogP contribution is -2.55. The Hall–Kier alpha value is -3.33. The van der Waals surface area contributed by atoms with Gasteiger partial charge in [0, 0.05) is 44.8 Å². The van der Waals surface area contributed by atoms with Crippen molar-refractivity contribution in [3.8, 4) is 11.4 Å². The summed E-state index contributed by atoms with van der Waals surface area (Å²) in [4.78, 5) is 27.8. The van der Waals surface area contributed by atoms with Crippen molar-refractivity contribution in [2.24, 2.45) is 0 Å². The molecule has 0 unspecified atom stereocenters. The van der Waals surface area contributed by atoms with Crippen molar-refractivity contribution in [2.45, 2.75) is 31.9 Å². The number of anilines is 1. The summed E-state index contributed by atoms with van der Waals surface area (Å²) in [6, 6.07) is 10.1. The van der Waals surface area contributed by atoms with Crippen LogP contribution in [-0.2, 0) is 16.1 Å². The highest BCUT2D eigenvalue weighted by Crippen LogP contribution is 2.29. The van der Waals surface area contributed by atoms with Gasteiger partial charge < -0.3 is 19.5 Å². The second-order valence-corrected chi connectivity index (χ2v) is 7.28. The van der Waals surface area contributed by atoms with Gasteiger partial charge in [0.25, 0.3) is 5.91 Å². The molecule has 0 radical (unpaired) electrons. The number of hydrogen-bond donors (Lipinski definition) is 1. The number of hydrogen-bond acceptors (Lipinski definition) is 8. The first kappa shape index (κ1) is 20.0. The number of benzene rings is 1. The van der Waals surface area contributed by atoms with Gasteiger partial charge in [-0.3, -0.25) is 14.8 Å². The second-order valence-electron chi connectivity index (χ2n) is 7.28. The van der Waals surface area contributed by atoms with Crippen molar-refractivity contribution in [1.29, 1.82) is 0 Å². The Balaban J connectivity index is 1.37. The maximum Gasteiger partial charge on any atom is 0.324 e. The molecule has 1 aliphatic rings. The number of aromatic nitrogens is 4. The number of carbonyl (C=O) groups is 1. The molecular weight excluding hydrogens is 384 g/mol. The Labute approximate surface area is 174 Å². The zero-order valence-corrected chi connectivity index (χ0v) is 17.0. The van der Waals surface area contributed by atoms with Crippen LogP contribution in [0.2, 0.25) is 0 Å². The molecular formula is C21H24N6O3. The van der Waals surface area contributed by atoms with E-state index in [2.05, 4.69) is 25.4 Å². The Bertz CT molecular complexity index is 981. The van der Waals surface area contributed by atoms with Gasteiger partial charge in [0.15, 0.2) is 0 Å². The van der Waals surface area contributed by atoms with Crippen LogP contribution in [0.1, 0.15) is 24.2 Å². The zero-order valence-electron chi connectivity index (χ0n) is 17.0. The average Bonchev–Trinajstić information content (AvgIpc) is 3.29. The third kappa shape index (κ3) is 4.16. The summed E-state index contributed by atoms with van der Waals surface area (Å²) < 4.78 is 11.1. The number of nitrogens with zero attached hydrogens (tertiary/aromatic N) is 5. The van der Waals surface area contributed by atoms with E-state index in [-0.39, 0.29) is 5.91 Å². The van der Waals surface area contributed by atoms with Crippen LogP contribution < -0.4 is 10.2 Å². The molecule has 9 heteroatoms. The molecule has 1 aromatic carbocycles. The van der Waals surface area contributed by atoms with Gasteiger partial charge in [0.05, 0.1) is 24.1 Å². The van der Waals surface area contributed by atoms with Crippen LogP contribution in [0.15, 0.2) is 47.2 Å². The van der Waals surface area contributed by atoms with Gasteiger partial charge in [-0.15, -0.1) is 0 Å². The molecule has 4 rings (SSSR count). The standard InChI is InChI=1S/C21H24N6O3/c1-15-12-23-17(13-22-15)14-24-19(28)21(29-2)8-10-27(11-9-21)20-25-18(26-30-20)16-6-4-3-5-7-16/h3-7,12-13H,8-11,14H2,1-2H3,(H,24,28). The Morgan fingerprint density at radius 2 is 1.97 bits per heavy atom. The first-order chi connectivity index (χ1) is 14.6. The van der Waals surface area contributed by atoms with Gasteiger partial charge in [-0.1, -0.05) is 35.5 Å². The summed E-state index contributed by atoms with van der Waals surface area (Å²) in [5.74, 6) is 0.397. The maximum absolute atomic E-state index is 12.9. The second kappa shape index (κ2) is 8.58. The molecule has 156 valence electrons. The van der Waals surface area contributed by atoms with E-state index in [1.165, 1.54) is 0 Å². The SMILES string of the molecule is COC1(C(=O)NCc2cnc(C)cn2)CCN(c2nc(-c3ccccc3)no2)CC1. The Kier molecular flexibility index (Phi) is 5.71. The van der Waals surface area contributed by atoms with E-state index in [1.807, 2.05) is 42.2 Å². The lowest BCUT2D eigenvalue weighted by atomic mass is 9.90. The Morgan fingerprint density at radius 1 is 1.20 bits per heavy atom. The van der Waals surface area contributed by atoms with Gasteiger partial charge >= 0.3 is 6.01 Å². The molecule has 2 aromatic heterocycles. The molecule has 1 aliphatic heterocycles. The summed E-state index contributed by atoms with van der Waals surface area (Å²) in [6.07, 6.45) is 4.37. The van der Waals surface area contributed by atoms with Crippen LogP contribution in [0.3, 0.4) is 0 Å². The lowest BCUT2D eigenvalue weighted by Gasteiger charge is -2.38. The first-order valence-electron chi connectivity index (χ1n) is 9.85. The smallest absolute Gasteiger partial charge is 0.324 e. The summed E-state index contributed by atoms with van der Waals surface area (Å²) >= 11 is 0. The van der Waals surface area contributed by atoms with Gasteiger partial charge in [0.1, 0.15) is 5.60 Å². The molecule has 0 aliphatic carbocycles. The van der Waals surface area contributed by atoms with Gasteiger partial charge in [-0.25, -0.2) is 0 Å². The summed E-state index contributed by atoms with van der Waals surface area (Å²) in [7, 11) is 1.57. The highest BCUT2D eigenvalue weighted by molar-refractivity contribution is 5.85. The fraction of sp³-hybridized carbons (Fsp3) is 0.381. The van der Waals surface area contributed by atoms with E-state index in [0.717, 1.165) is 11.3 Å².